The molecule has 1 N–H and O–H groups in total. The van der Waals surface area contributed by atoms with Gasteiger partial charge in [-0.2, -0.15) is 18.4 Å². The Balaban J connectivity index is 1.70. The summed E-state index contributed by atoms with van der Waals surface area (Å²) < 4.78 is 44.4. The Morgan fingerprint density at radius 1 is 1.06 bits per heavy atom. The van der Waals surface area contributed by atoms with Crippen molar-refractivity contribution >= 4 is 29.3 Å². The van der Waals surface area contributed by atoms with Gasteiger partial charge in [0, 0.05) is 0 Å². The molecule has 3 rings (SSSR count). The molecule has 0 aromatic heterocycles. The first-order chi connectivity index (χ1) is 15.3. The van der Waals surface area contributed by atoms with Crippen molar-refractivity contribution in [2.75, 3.05) is 5.32 Å². The molecule has 1 amide bonds. The molecule has 0 saturated heterocycles. The van der Waals surface area contributed by atoms with E-state index in [0.29, 0.717) is 24.0 Å². The number of nitrogens with one attached hydrogen (secondary N) is 1. The first-order valence-corrected chi connectivity index (χ1v) is 9.71. The van der Waals surface area contributed by atoms with Crippen molar-refractivity contribution in [3.05, 3.63) is 100 Å². The van der Waals surface area contributed by atoms with Crippen molar-refractivity contribution in [2.45, 2.75) is 12.8 Å². The van der Waals surface area contributed by atoms with Crippen molar-refractivity contribution in [1.82, 2.24) is 0 Å². The molecule has 0 saturated carbocycles. The number of nitrogens with zero attached hydrogens (tertiary/aromatic N) is 1. The second kappa shape index (κ2) is 10.0. The van der Waals surface area contributed by atoms with Crippen molar-refractivity contribution in [1.29, 1.82) is 5.26 Å². The maximum atomic E-state index is 12.9. The Morgan fingerprint density at radius 2 is 1.75 bits per heavy atom. The smallest absolute Gasteiger partial charge is 0.416 e. The third-order valence-electron chi connectivity index (χ3n) is 4.35. The summed E-state index contributed by atoms with van der Waals surface area (Å²) in [6, 6.07) is 20.6. The molecule has 0 spiro atoms. The molecule has 0 radical (unpaired) electrons. The second-order valence-corrected chi connectivity index (χ2v) is 7.07. The van der Waals surface area contributed by atoms with Crippen LogP contribution in [0.5, 0.6) is 5.75 Å². The van der Waals surface area contributed by atoms with Gasteiger partial charge in [0.2, 0.25) is 0 Å². The summed E-state index contributed by atoms with van der Waals surface area (Å²) in [6.07, 6.45) is -3.28. The van der Waals surface area contributed by atoms with E-state index in [4.69, 9.17) is 16.3 Å². The highest BCUT2D eigenvalue weighted by Gasteiger charge is 2.31. The van der Waals surface area contributed by atoms with Crippen molar-refractivity contribution in [3.63, 3.8) is 0 Å². The van der Waals surface area contributed by atoms with Crippen LogP contribution in [0.4, 0.5) is 18.9 Å². The third-order valence-corrected chi connectivity index (χ3v) is 4.68. The topological polar surface area (TPSA) is 62.1 Å². The van der Waals surface area contributed by atoms with E-state index in [1.165, 1.54) is 6.08 Å². The highest BCUT2D eigenvalue weighted by atomic mass is 35.5. The van der Waals surface area contributed by atoms with Crippen molar-refractivity contribution in [3.8, 4) is 11.8 Å². The average molecular weight is 457 g/mol. The molecule has 0 bridgehead atoms. The fourth-order valence-corrected chi connectivity index (χ4v) is 2.87. The number of halogens is 4. The van der Waals surface area contributed by atoms with Crippen LogP contribution in [0, 0.1) is 11.3 Å². The van der Waals surface area contributed by atoms with Gasteiger partial charge >= 0.3 is 6.18 Å². The number of nitriles is 1. The number of anilines is 1. The molecule has 3 aromatic carbocycles. The molecule has 0 aliphatic heterocycles. The van der Waals surface area contributed by atoms with Crippen LogP contribution < -0.4 is 10.1 Å². The van der Waals surface area contributed by atoms with Crippen LogP contribution in [0.2, 0.25) is 5.02 Å². The average Bonchev–Trinajstić information content (AvgIpc) is 2.78. The quantitative estimate of drug-likeness (QED) is 0.341. The van der Waals surface area contributed by atoms with E-state index >= 15 is 0 Å². The summed E-state index contributed by atoms with van der Waals surface area (Å²) in [6.45, 7) is 0.389. The van der Waals surface area contributed by atoms with Gasteiger partial charge in [-0.25, -0.2) is 0 Å². The zero-order valence-electron chi connectivity index (χ0n) is 16.5. The fraction of sp³-hybridized carbons (Fsp3) is 0.0833. The van der Waals surface area contributed by atoms with Gasteiger partial charge in [0.15, 0.2) is 0 Å². The van der Waals surface area contributed by atoms with Crippen molar-refractivity contribution in [2.24, 2.45) is 0 Å². The van der Waals surface area contributed by atoms with Crippen LogP contribution in [0.25, 0.3) is 6.08 Å². The number of rotatable bonds is 6. The molecule has 4 nitrogen and oxygen atoms in total. The van der Waals surface area contributed by atoms with Gasteiger partial charge in [-0.15, -0.1) is 0 Å². The first-order valence-electron chi connectivity index (χ1n) is 9.33. The number of ether oxygens (including phenoxy) is 1. The Hall–Kier alpha value is -3.76. The van der Waals surface area contributed by atoms with E-state index in [2.05, 4.69) is 5.32 Å². The zero-order valence-corrected chi connectivity index (χ0v) is 17.2. The van der Waals surface area contributed by atoms with Gasteiger partial charge in [-0.3, -0.25) is 4.79 Å². The monoisotopic (exact) mass is 456 g/mol. The Bertz CT molecular complexity index is 1170. The van der Waals surface area contributed by atoms with Gasteiger partial charge in [0.05, 0.1) is 16.3 Å². The highest BCUT2D eigenvalue weighted by molar-refractivity contribution is 6.34. The van der Waals surface area contributed by atoms with Crippen LogP contribution >= 0.6 is 11.6 Å². The minimum absolute atomic E-state index is 0.0800. The lowest BCUT2D eigenvalue weighted by atomic mass is 10.1. The van der Waals surface area contributed by atoms with Gasteiger partial charge in [-0.05, 0) is 47.5 Å². The van der Waals surface area contributed by atoms with Gasteiger partial charge in [0.25, 0.3) is 5.91 Å². The minimum atomic E-state index is -4.59. The number of hydrogen-bond donors (Lipinski definition) is 1. The number of hydrogen-bond acceptors (Lipinski definition) is 3. The molecule has 8 heteroatoms. The number of benzene rings is 3. The van der Waals surface area contributed by atoms with E-state index in [9.17, 15) is 23.2 Å². The van der Waals surface area contributed by atoms with Gasteiger partial charge in [-0.1, -0.05) is 54.1 Å². The fourth-order valence-electron chi connectivity index (χ4n) is 2.70. The molecule has 0 unspecified atom stereocenters. The lowest BCUT2D eigenvalue weighted by Crippen LogP contribution is -2.15. The Kier molecular flexibility index (Phi) is 7.18. The van der Waals surface area contributed by atoms with E-state index in [1.54, 1.807) is 30.3 Å². The summed E-state index contributed by atoms with van der Waals surface area (Å²) in [5.74, 6) is -0.275. The lowest BCUT2D eigenvalue weighted by molar-refractivity contribution is -0.137. The normalized spacial score (nSPS) is 11.5. The van der Waals surface area contributed by atoms with Crippen molar-refractivity contribution < 1.29 is 22.7 Å². The van der Waals surface area contributed by atoms with Crippen LogP contribution in [0.3, 0.4) is 0 Å². The predicted molar refractivity (Wildman–Crippen MR) is 116 cm³/mol. The summed E-state index contributed by atoms with van der Waals surface area (Å²) in [7, 11) is 0. The standard InChI is InChI=1S/C24H16ClF3N2O2/c25-21-11-8-19(24(26,27)28)13-22(21)30-23(31)18(14-29)12-16-6-9-20(10-7-16)32-15-17-4-2-1-3-5-17/h1-13H,15H2,(H,30,31). The Labute approximate surface area is 187 Å². The molecular weight excluding hydrogens is 441 g/mol. The summed E-state index contributed by atoms with van der Waals surface area (Å²) in [4.78, 5) is 12.4. The molecular formula is C24H16ClF3N2O2. The number of alkyl halides is 3. The van der Waals surface area contributed by atoms with Crippen LogP contribution in [-0.2, 0) is 17.6 Å². The van der Waals surface area contributed by atoms with E-state index < -0.39 is 17.6 Å². The maximum absolute atomic E-state index is 12.9. The number of carbonyl (C=O) groups excluding carboxylic acids is 1. The first kappa shape index (κ1) is 22.9. The second-order valence-electron chi connectivity index (χ2n) is 6.66. The largest absolute Gasteiger partial charge is 0.489 e. The highest BCUT2D eigenvalue weighted by Crippen LogP contribution is 2.34. The summed E-state index contributed by atoms with van der Waals surface area (Å²) in [5.41, 5.74) is 0.0478. The van der Waals surface area contributed by atoms with E-state index in [1.807, 2.05) is 30.3 Å². The maximum Gasteiger partial charge on any atom is 0.416 e. The summed E-state index contributed by atoms with van der Waals surface area (Å²) >= 11 is 5.89. The third kappa shape index (κ3) is 6.13. The van der Waals surface area contributed by atoms with Crippen LogP contribution in [0.1, 0.15) is 16.7 Å². The Morgan fingerprint density at radius 3 is 2.38 bits per heavy atom. The molecule has 0 heterocycles. The molecule has 162 valence electrons. The van der Waals surface area contributed by atoms with Crippen LogP contribution in [0.15, 0.2) is 78.4 Å². The number of amides is 1. The zero-order chi connectivity index (χ0) is 23.1. The molecule has 3 aromatic rings. The van der Waals surface area contributed by atoms with E-state index in [0.717, 1.165) is 17.7 Å². The minimum Gasteiger partial charge on any atom is -0.489 e. The molecule has 32 heavy (non-hydrogen) atoms. The predicted octanol–water partition coefficient (Wildman–Crippen LogP) is 6.48. The van der Waals surface area contributed by atoms with E-state index in [-0.39, 0.29) is 16.3 Å². The SMILES string of the molecule is N#CC(=Cc1ccc(OCc2ccccc2)cc1)C(=O)Nc1cc(C(F)(F)F)ccc1Cl. The summed E-state index contributed by atoms with van der Waals surface area (Å²) in [5, 5.41) is 11.5. The molecule has 0 atom stereocenters. The van der Waals surface area contributed by atoms with Gasteiger partial charge < -0.3 is 10.1 Å². The molecule has 0 aliphatic carbocycles. The number of carbonyl (C=O) groups is 1. The van der Waals surface area contributed by atoms with Crippen LogP contribution in [-0.4, -0.2) is 5.91 Å². The molecule has 0 fully saturated rings. The molecule has 0 aliphatic rings. The lowest BCUT2D eigenvalue weighted by Gasteiger charge is -2.11. The van der Waals surface area contributed by atoms with Gasteiger partial charge in [0.1, 0.15) is 24.0 Å².